The lowest BCUT2D eigenvalue weighted by Crippen LogP contribution is -2.13. The number of halogens is 1. The Kier molecular flexibility index (Phi) is 4.57. The van der Waals surface area contributed by atoms with Gasteiger partial charge in [-0.2, -0.15) is 0 Å². The molecule has 1 N–H and O–H groups in total. The monoisotopic (exact) mass is 422 g/mol. The number of aryl methyl sites for hydroxylation is 1. The van der Waals surface area contributed by atoms with Crippen LogP contribution in [0.15, 0.2) is 71.2 Å². The van der Waals surface area contributed by atoms with Crippen LogP contribution in [-0.4, -0.2) is 10.9 Å². The third-order valence-electron chi connectivity index (χ3n) is 4.15. The SMILES string of the molecule is Cc1ccc(-c2nc3ccccc3s2)cc1NC(=O)c1ccccc1Br. The second-order valence-electron chi connectivity index (χ2n) is 5.95. The lowest BCUT2D eigenvalue weighted by molar-refractivity contribution is 0.102. The molecule has 1 amide bonds. The molecule has 0 unspecified atom stereocenters. The lowest BCUT2D eigenvalue weighted by Gasteiger charge is -2.11. The van der Waals surface area contributed by atoms with Gasteiger partial charge in [0.2, 0.25) is 0 Å². The van der Waals surface area contributed by atoms with E-state index in [0.717, 1.165) is 36.5 Å². The molecule has 3 aromatic carbocycles. The molecule has 0 aliphatic carbocycles. The van der Waals surface area contributed by atoms with Gasteiger partial charge in [-0.05, 0) is 58.7 Å². The van der Waals surface area contributed by atoms with Crippen molar-refractivity contribution in [3.63, 3.8) is 0 Å². The van der Waals surface area contributed by atoms with Crippen LogP contribution in [0.25, 0.3) is 20.8 Å². The van der Waals surface area contributed by atoms with E-state index in [0.29, 0.717) is 5.56 Å². The van der Waals surface area contributed by atoms with Crippen molar-refractivity contribution >= 4 is 49.1 Å². The van der Waals surface area contributed by atoms with E-state index in [1.165, 1.54) is 0 Å². The van der Waals surface area contributed by atoms with Crippen LogP contribution in [-0.2, 0) is 0 Å². The average Bonchev–Trinajstić information content (AvgIpc) is 3.08. The Hall–Kier alpha value is -2.50. The number of aromatic nitrogens is 1. The van der Waals surface area contributed by atoms with Crippen molar-refractivity contribution in [1.29, 1.82) is 0 Å². The van der Waals surface area contributed by atoms with Crippen LogP contribution in [0, 0.1) is 6.92 Å². The fourth-order valence-electron chi connectivity index (χ4n) is 2.72. The number of rotatable bonds is 3. The standard InChI is InChI=1S/C21H15BrN2OS/c1-13-10-11-14(21-24-17-8-4-5-9-19(17)26-21)12-18(13)23-20(25)15-6-2-3-7-16(15)22/h2-12H,1H3,(H,23,25). The Morgan fingerprint density at radius 1 is 1.04 bits per heavy atom. The fourth-order valence-corrected chi connectivity index (χ4v) is 4.15. The molecular weight excluding hydrogens is 408 g/mol. The number of fused-ring (bicyclic) bond motifs is 1. The third kappa shape index (κ3) is 3.28. The number of carbonyl (C=O) groups excluding carboxylic acids is 1. The topological polar surface area (TPSA) is 42.0 Å². The second kappa shape index (κ2) is 7.02. The van der Waals surface area contributed by atoms with Gasteiger partial charge in [-0.1, -0.05) is 36.4 Å². The van der Waals surface area contributed by atoms with Crippen LogP contribution in [0.4, 0.5) is 5.69 Å². The lowest BCUT2D eigenvalue weighted by atomic mass is 10.1. The second-order valence-corrected chi connectivity index (χ2v) is 7.84. The number of carbonyl (C=O) groups is 1. The predicted octanol–water partition coefficient (Wildman–Crippen LogP) is 6.29. The predicted molar refractivity (Wildman–Crippen MR) is 112 cm³/mol. The van der Waals surface area contributed by atoms with E-state index >= 15 is 0 Å². The van der Waals surface area contributed by atoms with Gasteiger partial charge >= 0.3 is 0 Å². The quantitative estimate of drug-likeness (QED) is 0.421. The zero-order valence-electron chi connectivity index (χ0n) is 14.0. The van der Waals surface area contributed by atoms with Gasteiger partial charge in [0.05, 0.1) is 15.8 Å². The van der Waals surface area contributed by atoms with E-state index in [-0.39, 0.29) is 5.91 Å². The highest BCUT2D eigenvalue weighted by Gasteiger charge is 2.13. The molecule has 128 valence electrons. The Balaban J connectivity index is 1.68. The van der Waals surface area contributed by atoms with E-state index in [1.54, 1.807) is 17.4 Å². The van der Waals surface area contributed by atoms with Gasteiger partial charge in [0.1, 0.15) is 5.01 Å². The number of benzene rings is 3. The maximum absolute atomic E-state index is 12.6. The number of nitrogens with zero attached hydrogens (tertiary/aromatic N) is 1. The molecule has 0 spiro atoms. The Labute approximate surface area is 163 Å². The Morgan fingerprint density at radius 2 is 1.81 bits per heavy atom. The molecule has 0 atom stereocenters. The van der Waals surface area contributed by atoms with Gasteiger partial charge in [0.25, 0.3) is 5.91 Å². The van der Waals surface area contributed by atoms with Gasteiger partial charge < -0.3 is 5.32 Å². The highest BCUT2D eigenvalue weighted by Crippen LogP contribution is 2.32. The smallest absolute Gasteiger partial charge is 0.256 e. The summed E-state index contributed by atoms with van der Waals surface area (Å²) in [6.45, 7) is 1.98. The molecular formula is C21H15BrN2OS. The first kappa shape index (κ1) is 16.9. The van der Waals surface area contributed by atoms with Gasteiger partial charge in [-0.25, -0.2) is 4.98 Å². The van der Waals surface area contributed by atoms with Crippen LogP contribution in [0.3, 0.4) is 0 Å². The van der Waals surface area contributed by atoms with Crippen molar-refractivity contribution in [2.24, 2.45) is 0 Å². The summed E-state index contributed by atoms with van der Waals surface area (Å²) >= 11 is 5.08. The number of hydrogen-bond acceptors (Lipinski definition) is 3. The summed E-state index contributed by atoms with van der Waals surface area (Å²) in [6, 6.07) is 21.5. The molecule has 26 heavy (non-hydrogen) atoms. The molecule has 0 aliphatic rings. The minimum absolute atomic E-state index is 0.137. The number of para-hydroxylation sites is 1. The molecule has 0 radical (unpaired) electrons. The molecule has 1 heterocycles. The maximum Gasteiger partial charge on any atom is 0.256 e. The van der Waals surface area contributed by atoms with Crippen LogP contribution in [0.2, 0.25) is 0 Å². The van der Waals surface area contributed by atoms with E-state index in [9.17, 15) is 4.79 Å². The Bertz CT molecular complexity index is 1090. The van der Waals surface area contributed by atoms with Crippen LogP contribution < -0.4 is 5.32 Å². The van der Waals surface area contributed by atoms with Crippen LogP contribution in [0.5, 0.6) is 0 Å². The molecule has 0 saturated heterocycles. The Morgan fingerprint density at radius 3 is 2.62 bits per heavy atom. The van der Waals surface area contributed by atoms with Crippen molar-refractivity contribution in [2.45, 2.75) is 6.92 Å². The summed E-state index contributed by atoms with van der Waals surface area (Å²) in [7, 11) is 0. The van der Waals surface area contributed by atoms with Crippen LogP contribution >= 0.6 is 27.3 Å². The summed E-state index contributed by atoms with van der Waals surface area (Å²) in [5.41, 5.74) is 4.40. The van der Waals surface area contributed by atoms with E-state index in [2.05, 4.69) is 27.3 Å². The zero-order chi connectivity index (χ0) is 18.1. The molecule has 5 heteroatoms. The van der Waals surface area contributed by atoms with Crippen LogP contribution in [0.1, 0.15) is 15.9 Å². The zero-order valence-corrected chi connectivity index (χ0v) is 16.4. The van der Waals surface area contributed by atoms with Gasteiger partial charge in [0, 0.05) is 15.7 Å². The van der Waals surface area contributed by atoms with Crippen molar-refractivity contribution in [3.05, 3.63) is 82.3 Å². The van der Waals surface area contributed by atoms with Gasteiger partial charge in [-0.3, -0.25) is 4.79 Å². The number of hydrogen-bond donors (Lipinski definition) is 1. The highest BCUT2D eigenvalue weighted by molar-refractivity contribution is 9.10. The molecule has 4 aromatic rings. The first-order valence-corrected chi connectivity index (χ1v) is 9.75. The minimum Gasteiger partial charge on any atom is -0.322 e. The molecule has 4 rings (SSSR count). The minimum atomic E-state index is -0.137. The van der Waals surface area contributed by atoms with Crippen molar-refractivity contribution in [3.8, 4) is 10.6 Å². The molecule has 0 bridgehead atoms. The first-order valence-electron chi connectivity index (χ1n) is 8.14. The first-order chi connectivity index (χ1) is 12.6. The van der Waals surface area contributed by atoms with E-state index in [4.69, 9.17) is 4.98 Å². The fraction of sp³-hybridized carbons (Fsp3) is 0.0476. The van der Waals surface area contributed by atoms with E-state index < -0.39 is 0 Å². The summed E-state index contributed by atoms with van der Waals surface area (Å²) in [4.78, 5) is 17.3. The van der Waals surface area contributed by atoms with Gasteiger partial charge in [0.15, 0.2) is 0 Å². The average molecular weight is 423 g/mol. The number of nitrogens with one attached hydrogen (secondary N) is 1. The number of amides is 1. The summed E-state index contributed by atoms with van der Waals surface area (Å²) in [6.07, 6.45) is 0. The largest absolute Gasteiger partial charge is 0.322 e. The normalized spacial score (nSPS) is 10.8. The molecule has 0 saturated carbocycles. The van der Waals surface area contributed by atoms with Crippen molar-refractivity contribution in [2.75, 3.05) is 5.32 Å². The highest BCUT2D eigenvalue weighted by atomic mass is 79.9. The van der Waals surface area contributed by atoms with Crippen molar-refractivity contribution in [1.82, 2.24) is 4.98 Å². The van der Waals surface area contributed by atoms with E-state index in [1.807, 2.05) is 61.5 Å². The number of thiazole rings is 1. The molecule has 3 nitrogen and oxygen atoms in total. The molecule has 0 fully saturated rings. The summed E-state index contributed by atoms with van der Waals surface area (Å²) in [5.74, 6) is -0.137. The maximum atomic E-state index is 12.6. The summed E-state index contributed by atoms with van der Waals surface area (Å²) < 4.78 is 1.93. The number of anilines is 1. The molecule has 1 aromatic heterocycles. The van der Waals surface area contributed by atoms with Gasteiger partial charge in [-0.15, -0.1) is 11.3 Å². The molecule has 0 aliphatic heterocycles. The van der Waals surface area contributed by atoms with Crippen molar-refractivity contribution < 1.29 is 4.79 Å². The third-order valence-corrected chi connectivity index (χ3v) is 5.92. The summed E-state index contributed by atoms with van der Waals surface area (Å²) in [5, 5.41) is 3.97.